The van der Waals surface area contributed by atoms with Crippen LogP contribution in [-0.2, 0) is 0 Å². The molecule has 0 aliphatic carbocycles. The van der Waals surface area contributed by atoms with E-state index in [1.165, 1.54) is 12.1 Å². The Bertz CT molecular complexity index is 1070. The molecule has 2 aromatic carbocycles. The molecule has 0 spiro atoms. The van der Waals surface area contributed by atoms with E-state index in [9.17, 15) is 9.18 Å². The van der Waals surface area contributed by atoms with Gasteiger partial charge in [0.25, 0.3) is 0 Å². The molecule has 1 aliphatic heterocycles. The molecule has 1 fully saturated rings. The lowest BCUT2D eigenvalue weighted by Crippen LogP contribution is -2.50. The number of urea groups is 1. The number of rotatable bonds is 5. The van der Waals surface area contributed by atoms with E-state index in [-0.39, 0.29) is 11.8 Å². The van der Waals surface area contributed by atoms with Crippen molar-refractivity contribution < 1.29 is 18.7 Å². The molecule has 4 rings (SSSR count). The third-order valence-corrected chi connectivity index (χ3v) is 5.32. The van der Waals surface area contributed by atoms with E-state index >= 15 is 0 Å². The van der Waals surface area contributed by atoms with Crippen LogP contribution in [0.4, 0.5) is 20.7 Å². The Labute approximate surface area is 185 Å². The molecular formula is C23H24FN5O3. The summed E-state index contributed by atoms with van der Waals surface area (Å²) in [4.78, 5) is 16.5. The van der Waals surface area contributed by atoms with Crippen molar-refractivity contribution in [3.63, 3.8) is 0 Å². The number of ether oxygens (including phenoxy) is 2. The SMILES string of the molecule is COc1ccc(NC(=O)N2CCN(c3ccc(-c4ccc(F)cc4)nn3)CC2)cc1OC. The highest BCUT2D eigenvalue weighted by molar-refractivity contribution is 5.90. The zero-order chi connectivity index (χ0) is 22.5. The summed E-state index contributed by atoms with van der Waals surface area (Å²) in [5, 5.41) is 11.5. The molecule has 1 N–H and O–H groups in total. The summed E-state index contributed by atoms with van der Waals surface area (Å²) in [5.74, 6) is 1.62. The van der Waals surface area contributed by atoms with Crippen molar-refractivity contribution in [1.82, 2.24) is 15.1 Å². The normalized spacial score (nSPS) is 13.6. The maximum Gasteiger partial charge on any atom is 0.321 e. The fourth-order valence-corrected chi connectivity index (χ4v) is 3.52. The Kier molecular flexibility index (Phi) is 6.34. The first-order valence-electron chi connectivity index (χ1n) is 10.2. The van der Waals surface area contributed by atoms with E-state index in [4.69, 9.17) is 9.47 Å². The maximum absolute atomic E-state index is 13.1. The second-order valence-corrected chi connectivity index (χ2v) is 7.26. The molecule has 3 aromatic rings. The highest BCUT2D eigenvalue weighted by atomic mass is 19.1. The molecule has 1 saturated heterocycles. The molecule has 8 nitrogen and oxygen atoms in total. The summed E-state index contributed by atoms with van der Waals surface area (Å²) < 4.78 is 23.6. The summed E-state index contributed by atoms with van der Waals surface area (Å²) in [6, 6.07) is 15.0. The number of amides is 2. The highest BCUT2D eigenvalue weighted by Crippen LogP contribution is 2.30. The number of carbonyl (C=O) groups is 1. The minimum atomic E-state index is -0.286. The molecule has 0 atom stereocenters. The number of hydrogen-bond acceptors (Lipinski definition) is 6. The molecule has 9 heteroatoms. The van der Waals surface area contributed by atoms with Crippen LogP contribution in [0.5, 0.6) is 11.5 Å². The third-order valence-electron chi connectivity index (χ3n) is 5.32. The van der Waals surface area contributed by atoms with Gasteiger partial charge in [-0.1, -0.05) is 0 Å². The Morgan fingerprint density at radius 2 is 1.62 bits per heavy atom. The Balaban J connectivity index is 1.33. The zero-order valence-corrected chi connectivity index (χ0v) is 17.9. The van der Waals surface area contributed by atoms with Crippen LogP contribution in [0, 0.1) is 5.82 Å². The van der Waals surface area contributed by atoms with Crippen molar-refractivity contribution in [1.29, 1.82) is 0 Å². The van der Waals surface area contributed by atoms with Crippen LogP contribution in [-0.4, -0.2) is 61.5 Å². The van der Waals surface area contributed by atoms with E-state index in [1.54, 1.807) is 49.5 Å². The van der Waals surface area contributed by atoms with Crippen LogP contribution < -0.4 is 19.7 Å². The van der Waals surface area contributed by atoms with E-state index in [0.29, 0.717) is 49.1 Å². The summed E-state index contributed by atoms with van der Waals surface area (Å²) in [5.41, 5.74) is 2.13. The fourth-order valence-electron chi connectivity index (χ4n) is 3.52. The van der Waals surface area contributed by atoms with Crippen molar-refractivity contribution in [3.05, 3.63) is 60.4 Å². The molecule has 0 radical (unpaired) electrons. The summed E-state index contributed by atoms with van der Waals surface area (Å²) in [6.45, 7) is 2.40. The lowest BCUT2D eigenvalue weighted by atomic mass is 10.1. The van der Waals surface area contributed by atoms with Crippen molar-refractivity contribution in [2.24, 2.45) is 0 Å². The van der Waals surface area contributed by atoms with Crippen molar-refractivity contribution in [3.8, 4) is 22.8 Å². The van der Waals surface area contributed by atoms with Crippen molar-refractivity contribution in [2.45, 2.75) is 0 Å². The van der Waals surface area contributed by atoms with Crippen LogP contribution in [0.1, 0.15) is 0 Å². The van der Waals surface area contributed by atoms with Gasteiger partial charge in [0.1, 0.15) is 5.82 Å². The van der Waals surface area contributed by atoms with E-state index in [2.05, 4.69) is 20.4 Å². The number of carbonyl (C=O) groups excluding carboxylic acids is 1. The molecule has 0 unspecified atom stereocenters. The Morgan fingerprint density at radius 3 is 2.25 bits per heavy atom. The lowest BCUT2D eigenvalue weighted by Gasteiger charge is -2.35. The second-order valence-electron chi connectivity index (χ2n) is 7.26. The average molecular weight is 437 g/mol. The quantitative estimate of drug-likeness (QED) is 0.656. The van der Waals surface area contributed by atoms with Crippen molar-refractivity contribution in [2.75, 3.05) is 50.6 Å². The first-order chi connectivity index (χ1) is 15.6. The van der Waals surface area contributed by atoms with E-state index in [0.717, 1.165) is 11.4 Å². The highest BCUT2D eigenvalue weighted by Gasteiger charge is 2.22. The molecule has 0 saturated carbocycles. The molecular weight excluding hydrogens is 413 g/mol. The largest absolute Gasteiger partial charge is 0.493 e. The molecule has 0 bridgehead atoms. The molecule has 166 valence electrons. The van der Waals surface area contributed by atoms with Gasteiger partial charge in [-0.15, -0.1) is 10.2 Å². The van der Waals surface area contributed by atoms with Gasteiger partial charge in [0.15, 0.2) is 17.3 Å². The first kappa shape index (κ1) is 21.4. The third kappa shape index (κ3) is 4.72. The number of methoxy groups -OCH3 is 2. The predicted molar refractivity (Wildman–Crippen MR) is 120 cm³/mol. The lowest BCUT2D eigenvalue weighted by molar-refractivity contribution is 0.208. The van der Waals surface area contributed by atoms with E-state index < -0.39 is 0 Å². The monoisotopic (exact) mass is 437 g/mol. The van der Waals surface area contributed by atoms with Gasteiger partial charge in [-0.2, -0.15) is 0 Å². The number of anilines is 2. The van der Waals surface area contributed by atoms with Gasteiger partial charge >= 0.3 is 6.03 Å². The number of halogens is 1. The predicted octanol–water partition coefficient (Wildman–Crippen LogP) is 3.65. The molecule has 1 aromatic heterocycles. The van der Waals surface area contributed by atoms with Crippen LogP contribution in [0.2, 0.25) is 0 Å². The smallest absolute Gasteiger partial charge is 0.321 e. The van der Waals surface area contributed by atoms with Gasteiger partial charge in [0, 0.05) is 43.5 Å². The zero-order valence-electron chi connectivity index (χ0n) is 17.9. The van der Waals surface area contributed by atoms with Crippen LogP contribution in [0.15, 0.2) is 54.6 Å². The Morgan fingerprint density at radius 1 is 0.906 bits per heavy atom. The van der Waals surface area contributed by atoms with Gasteiger partial charge < -0.3 is 24.6 Å². The van der Waals surface area contributed by atoms with Crippen molar-refractivity contribution >= 4 is 17.5 Å². The molecule has 32 heavy (non-hydrogen) atoms. The molecule has 2 amide bonds. The summed E-state index contributed by atoms with van der Waals surface area (Å²) >= 11 is 0. The van der Waals surface area contributed by atoms with Gasteiger partial charge in [0.05, 0.1) is 19.9 Å². The minimum absolute atomic E-state index is 0.172. The molecule has 2 heterocycles. The van der Waals surface area contributed by atoms with Gasteiger partial charge in [0.2, 0.25) is 0 Å². The van der Waals surface area contributed by atoms with Crippen LogP contribution in [0.25, 0.3) is 11.3 Å². The summed E-state index contributed by atoms with van der Waals surface area (Å²) in [6.07, 6.45) is 0. The minimum Gasteiger partial charge on any atom is -0.493 e. The number of benzene rings is 2. The van der Waals surface area contributed by atoms with Gasteiger partial charge in [-0.25, -0.2) is 9.18 Å². The van der Waals surface area contributed by atoms with Crippen LogP contribution in [0.3, 0.4) is 0 Å². The second kappa shape index (κ2) is 9.51. The van der Waals surface area contributed by atoms with Crippen LogP contribution >= 0.6 is 0 Å². The van der Waals surface area contributed by atoms with Gasteiger partial charge in [-0.05, 0) is 48.5 Å². The number of aromatic nitrogens is 2. The standard InChI is InChI=1S/C23H24FN5O3/c1-31-20-9-7-18(15-21(20)32-2)25-23(30)29-13-11-28(12-14-29)22-10-8-19(26-27-22)16-3-5-17(24)6-4-16/h3-10,15H,11-14H2,1-2H3,(H,25,30). The topological polar surface area (TPSA) is 79.8 Å². The van der Waals surface area contributed by atoms with Gasteiger partial charge in [-0.3, -0.25) is 0 Å². The molecule has 1 aliphatic rings. The number of hydrogen-bond donors (Lipinski definition) is 1. The number of piperazine rings is 1. The first-order valence-corrected chi connectivity index (χ1v) is 10.2. The maximum atomic E-state index is 13.1. The van der Waals surface area contributed by atoms with E-state index in [1.807, 2.05) is 12.1 Å². The number of nitrogens with one attached hydrogen (secondary N) is 1. The Hall–Kier alpha value is -3.88. The average Bonchev–Trinajstić information content (AvgIpc) is 2.84. The fraction of sp³-hybridized carbons (Fsp3) is 0.261. The number of nitrogens with zero attached hydrogens (tertiary/aromatic N) is 4. The summed E-state index contributed by atoms with van der Waals surface area (Å²) in [7, 11) is 3.12.